The van der Waals surface area contributed by atoms with Crippen molar-refractivity contribution in [2.75, 3.05) is 25.1 Å². The van der Waals surface area contributed by atoms with Gasteiger partial charge in [0.1, 0.15) is 5.75 Å². The Morgan fingerprint density at radius 3 is 2.42 bits per heavy atom. The molecular formula is C21H26N2O3. The minimum atomic E-state index is -0.119. The van der Waals surface area contributed by atoms with E-state index in [9.17, 15) is 9.59 Å². The van der Waals surface area contributed by atoms with Crippen LogP contribution in [0, 0.1) is 0 Å². The average molecular weight is 354 g/mol. The second-order valence-electron chi connectivity index (χ2n) is 6.03. The van der Waals surface area contributed by atoms with Gasteiger partial charge in [0.15, 0.2) is 0 Å². The van der Waals surface area contributed by atoms with Gasteiger partial charge in [0.25, 0.3) is 0 Å². The van der Waals surface area contributed by atoms with Crippen molar-refractivity contribution in [3.05, 3.63) is 60.2 Å². The molecule has 2 aromatic rings. The van der Waals surface area contributed by atoms with Crippen LogP contribution in [0.25, 0.3) is 0 Å². The summed E-state index contributed by atoms with van der Waals surface area (Å²) >= 11 is 0. The molecule has 26 heavy (non-hydrogen) atoms. The lowest BCUT2D eigenvalue weighted by Crippen LogP contribution is -2.34. The van der Waals surface area contributed by atoms with Crippen LogP contribution in [-0.4, -0.2) is 32.0 Å². The van der Waals surface area contributed by atoms with Gasteiger partial charge in [0.05, 0.1) is 12.8 Å². The topological polar surface area (TPSA) is 58.6 Å². The predicted octanol–water partition coefficient (Wildman–Crippen LogP) is 3.19. The second kappa shape index (κ2) is 10.2. The minimum Gasteiger partial charge on any atom is -0.495 e. The zero-order valence-electron chi connectivity index (χ0n) is 15.4. The van der Waals surface area contributed by atoms with Gasteiger partial charge in [0, 0.05) is 26.4 Å². The standard InChI is InChI=1S/C21H26N2O3/c1-17(24)23(19-12-6-7-13-20(19)26-2)16-14-21(25)22-15-8-11-18-9-4-3-5-10-18/h3-7,9-10,12-13H,8,11,14-16H2,1-2H3,(H,22,25). The third-order valence-electron chi connectivity index (χ3n) is 4.13. The van der Waals surface area contributed by atoms with Gasteiger partial charge in [-0.1, -0.05) is 42.5 Å². The lowest BCUT2D eigenvalue weighted by Gasteiger charge is -2.23. The number of nitrogens with one attached hydrogen (secondary N) is 1. The Kier molecular flexibility index (Phi) is 7.68. The molecule has 0 fully saturated rings. The maximum atomic E-state index is 12.1. The number of carbonyl (C=O) groups is 2. The third-order valence-corrected chi connectivity index (χ3v) is 4.13. The van der Waals surface area contributed by atoms with E-state index in [0.29, 0.717) is 24.5 Å². The van der Waals surface area contributed by atoms with E-state index in [1.165, 1.54) is 12.5 Å². The summed E-state index contributed by atoms with van der Waals surface area (Å²) in [6.45, 7) is 2.44. The summed E-state index contributed by atoms with van der Waals surface area (Å²) in [7, 11) is 1.57. The number of rotatable bonds is 9. The highest BCUT2D eigenvalue weighted by Crippen LogP contribution is 2.27. The molecule has 5 heteroatoms. The predicted molar refractivity (Wildman–Crippen MR) is 103 cm³/mol. The highest BCUT2D eigenvalue weighted by atomic mass is 16.5. The number of methoxy groups -OCH3 is 1. The first-order valence-corrected chi connectivity index (χ1v) is 8.83. The van der Waals surface area contributed by atoms with Gasteiger partial charge in [-0.2, -0.15) is 0 Å². The van der Waals surface area contributed by atoms with Crippen LogP contribution in [0.3, 0.4) is 0 Å². The lowest BCUT2D eigenvalue weighted by atomic mass is 10.1. The molecule has 0 aliphatic carbocycles. The quantitative estimate of drug-likeness (QED) is 0.704. The monoisotopic (exact) mass is 354 g/mol. The number of carbonyl (C=O) groups excluding carboxylic acids is 2. The van der Waals surface area contributed by atoms with E-state index in [1.807, 2.05) is 36.4 Å². The molecule has 0 radical (unpaired) electrons. The van der Waals surface area contributed by atoms with Gasteiger partial charge in [0.2, 0.25) is 11.8 Å². The van der Waals surface area contributed by atoms with Crippen LogP contribution in [-0.2, 0) is 16.0 Å². The van der Waals surface area contributed by atoms with Crippen LogP contribution >= 0.6 is 0 Å². The van der Waals surface area contributed by atoms with Crippen LogP contribution in [0.2, 0.25) is 0 Å². The van der Waals surface area contributed by atoms with Crippen LogP contribution in [0.15, 0.2) is 54.6 Å². The van der Waals surface area contributed by atoms with Crippen molar-refractivity contribution in [3.63, 3.8) is 0 Å². The molecule has 0 unspecified atom stereocenters. The van der Waals surface area contributed by atoms with Crippen LogP contribution < -0.4 is 15.0 Å². The van der Waals surface area contributed by atoms with E-state index >= 15 is 0 Å². The summed E-state index contributed by atoms with van der Waals surface area (Å²) in [5.41, 5.74) is 1.94. The molecule has 0 aliphatic rings. The maximum absolute atomic E-state index is 12.1. The number of nitrogens with zero attached hydrogens (tertiary/aromatic N) is 1. The average Bonchev–Trinajstić information content (AvgIpc) is 2.66. The molecule has 5 nitrogen and oxygen atoms in total. The van der Waals surface area contributed by atoms with Crippen molar-refractivity contribution in [3.8, 4) is 5.75 Å². The molecule has 2 amide bonds. The highest BCUT2D eigenvalue weighted by molar-refractivity contribution is 5.93. The normalized spacial score (nSPS) is 10.2. The Bertz CT molecular complexity index is 716. The van der Waals surface area contributed by atoms with Gasteiger partial charge < -0.3 is 15.0 Å². The number of anilines is 1. The Hall–Kier alpha value is -2.82. The molecule has 0 atom stereocenters. The van der Waals surface area contributed by atoms with E-state index in [1.54, 1.807) is 18.1 Å². The second-order valence-corrected chi connectivity index (χ2v) is 6.03. The van der Waals surface area contributed by atoms with E-state index in [0.717, 1.165) is 12.8 Å². The maximum Gasteiger partial charge on any atom is 0.223 e. The van der Waals surface area contributed by atoms with E-state index in [2.05, 4.69) is 17.4 Å². The largest absolute Gasteiger partial charge is 0.495 e. The van der Waals surface area contributed by atoms with Crippen molar-refractivity contribution in [1.82, 2.24) is 5.32 Å². The third kappa shape index (κ3) is 5.92. The summed E-state index contributed by atoms with van der Waals surface area (Å²) in [5.74, 6) is 0.441. The highest BCUT2D eigenvalue weighted by Gasteiger charge is 2.16. The van der Waals surface area contributed by atoms with Gasteiger partial charge in [-0.15, -0.1) is 0 Å². The zero-order chi connectivity index (χ0) is 18.8. The molecule has 1 N–H and O–H groups in total. The fourth-order valence-electron chi connectivity index (χ4n) is 2.77. The van der Waals surface area contributed by atoms with E-state index < -0.39 is 0 Å². The Morgan fingerprint density at radius 1 is 1.04 bits per heavy atom. The first kappa shape index (κ1) is 19.5. The number of ether oxygens (including phenoxy) is 1. The molecule has 2 rings (SSSR count). The molecule has 0 aliphatic heterocycles. The molecule has 0 heterocycles. The van der Waals surface area contributed by atoms with Crippen LogP contribution in [0.5, 0.6) is 5.75 Å². The Morgan fingerprint density at radius 2 is 1.73 bits per heavy atom. The summed E-state index contributed by atoms with van der Waals surface area (Å²) in [6, 6.07) is 17.5. The smallest absolute Gasteiger partial charge is 0.223 e. The van der Waals surface area contributed by atoms with Crippen molar-refractivity contribution in [2.45, 2.75) is 26.2 Å². The molecular weight excluding hydrogens is 328 g/mol. The number of aryl methyl sites for hydroxylation is 1. The minimum absolute atomic E-state index is 0.0563. The first-order chi connectivity index (χ1) is 12.6. The summed E-state index contributed by atoms with van der Waals surface area (Å²) in [4.78, 5) is 25.6. The first-order valence-electron chi connectivity index (χ1n) is 8.83. The number of benzene rings is 2. The van der Waals surface area contributed by atoms with Gasteiger partial charge in [-0.05, 0) is 30.5 Å². The number of hydrogen-bond donors (Lipinski definition) is 1. The fourth-order valence-corrected chi connectivity index (χ4v) is 2.77. The van der Waals surface area contributed by atoms with Crippen LogP contribution in [0.1, 0.15) is 25.3 Å². The zero-order valence-corrected chi connectivity index (χ0v) is 15.4. The Balaban J connectivity index is 1.79. The Labute approximate surface area is 155 Å². The molecule has 0 saturated carbocycles. The fraction of sp³-hybridized carbons (Fsp3) is 0.333. The molecule has 138 valence electrons. The van der Waals surface area contributed by atoms with Gasteiger partial charge in [-0.25, -0.2) is 0 Å². The van der Waals surface area contributed by atoms with Crippen LogP contribution in [0.4, 0.5) is 5.69 Å². The van der Waals surface area contributed by atoms with E-state index in [-0.39, 0.29) is 18.2 Å². The summed E-state index contributed by atoms with van der Waals surface area (Å²) < 4.78 is 5.31. The van der Waals surface area contributed by atoms with Crippen molar-refractivity contribution in [1.29, 1.82) is 0 Å². The van der Waals surface area contributed by atoms with E-state index in [4.69, 9.17) is 4.74 Å². The SMILES string of the molecule is COc1ccccc1N(CCC(=O)NCCCc1ccccc1)C(C)=O. The molecule has 0 aromatic heterocycles. The molecule has 0 spiro atoms. The van der Waals surface area contributed by atoms with Crippen molar-refractivity contribution in [2.24, 2.45) is 0 Å². The summed E-state index contributed by atoms with van der Waals surface area (Å²) in [6.07, 6.45) is 2.07. The number of amides is 2. The molecule has 0 bridgehead atoms. The van der Waals surface area contributed by atoms with Crippen molar-refractivity contribution < 1.29 is 14.3 Å². The lowest BCUT2D eigenvalue weighted by molar-refractivity contribution is -0.121. The molecule has 0 saturated heterocycles. The van der Waals surface area contributed by atoms with Gasteiger partial charge >= 0.3 is 0 Å². The summed E-state index contributed by atoms with van der Waals surface area (Å²) in [5, 5.41) is 2.92. The molecule has 2 aromatic carbocycles. The van der Waals surface area contributed by atoms with Crippen molar-refractivity contribution >= 4 is 17.5 Å². The van der Waals surface area contributed by atoms with Gasteiger partial charge in [-0.3, -0.25) is 9.59 Å². The number of hydrogen-bond acceptors (Lipinski definition) is 3. The number of para-hydroxylation sites is 2.